The van der Waals surface area contributed by atoms with Gasteiger partial charge in [0, 0.05) is 32.7 Å². The van der Waals surface area contributed by atoms with Crippen molar-refractivity contribution >= 4 is 22.1 Å². The molecular weight excluding hydrogens is 402 g/mol. The smallest absolute Gasteiger partial charge is 0.123 e. The second kappa shape index (κ2) is 8.44. The standard InChI is InChI=1S/C22H24BrN3O/c1-15-9-10-20(12-21(15)23)26-16(2)11-19(17(26)3)14-25-24-13-18-7-5-6-8-22(18)27-4/h5-12,14,24H,13H2,1-4H3/b25-14-. The summed E-state index contributed by atoms with van der Waals surface area (Å²) in [6, 6.07) is 16.5. The molecule has 0 aliphatic carbocycles. The number of methoxy groups -OCH3 is 1. The third-order valence-electron chi connectivity index (χ3n) is 4.64. The summed E-state index contributed by atoms with van der Waals surface area (Å²) < 4.78 is 8.72. The van der Waals surface area contributed by atoms with Crippen LogP contribution in [0.5, 0.6) is 5.75 Å². The quantitative estimate of drug-likeness (QED) is 0.429. The van der Waals surface area contributed by atoms with Crippen molar-refractivity contribution in [2.24, 2.45) is 5.10 Å². The first-order valence-corrected chi connectivity index (χ1v) is 9.64. The molecule has 0 saturated carbocycles. The summed E-state index contributed by atoms with van der Waals surface area (Å²) in [5, 5.41) is 4.40. The second-order valence-electron chi connectivity index (χ2n) is 6.50. The molecule has 4 nitrogen and oxygen atoms in total. The molecule has 1 heterocycles. The number of hydrazone groups is 1. The Morgan fingerprint density at radius 3 is 2.63 bits per heavy atom. The Kier molecular flexibility index (Phi) is 6.01. The van der Waals surface area contributed by atoms with Crippen molar-refractivity contribution in [2.75, 3.05) is 7.11 Å². The van der Waals surface area contributed by atoms with E-state index in [2.05, 4.69) is 76.1 Å². The van der Waals surface area contributed by atoms with E-state index in [0.29, 0.717) is 6.54 Å². The van der Waals surface area contributed by atoms with Gasteiger partial charge in [0.2, 0.25) is 0 Å². The third-order valence-corrected chi connectivity index (χ3v) is 5.50. The fraction of sp³-hybridized carbons (Fsp3) is 0.227. The maximum Gasteiger partial charge on any atom is 0.123 e. The van der Waals surface area contributed by atoms with Crippen molar-refractivity contribution in [2.45, 2.75) is 27.3 Å². The Hall–Kier alpha value is -2.53. The van der Waals surface area contributed by atoms with Crippen LogP contribution < -0.4 is 10.2 Å². The Morgan fingerprint density at radius 2 is 1.89 bits per heavy atom. The highest BCUT2D eigenvalue weighted by atomic mass is 79.9. The normalized spacial score (nSPS) is 11.1. The maximum absolute atomic E-state index is 5.37. The van der Waals surface area contributed by atoms with Gasteiger partial charge in [0.05, 0.1) is 19.9 Å². The number of hydrogen-bond acceptors (Lipinski definition) is 3. The van der Waals surface area contributed by atoms with Crippen LogP contribution >= 0.6 is 15.9 Å². The van der Waals surface area contributed by atoms with Gasteiger partial charge in [-0.25, -0.2) is 0 Å². The first-order valence-electron chi connectivity index (χ1n) is 8.84. The van der Waals surface area contributed by atoms with Crippen molar-refractivity contribution < 1.29 is 4.74 Å². The number of nitrogens with zero attached hydrogens (tertiary/aromatic N) is 2. The molecule has 1 aromatic heterocycles. The molecule has 0 aliphatic rings. The van der Waals surface area contributed by atoms with E-state index in [0.717, 1.165) is 32.7 Å². The molecule has 0 spiro atoms. The van der Waals surface area contributed by atoms with Gasteiger partial charge in [-0.05, 0) is 50.6 Å². The van der Waals surface area contributed by atoms with Gasteiger partial charge >= 0.3 is 0 Å². The molecule has 1 N–H and O–H groups in total. The number of aryl methyl sites for hydroxylation is 2. The van der Waals surface area contributed by atoms with Gasteiger partial charge < -0.3 is 14.7 Å². The summed E-state index contributed by atoms with van der Waals surface area (Å²) in [6.07, 6.45) is 1.87. The molecule has 0 atom stereocenters. The van der Waals surface area contributed by atoms with Crippen LogP contribution in [0.15, 0.2) is 58.1 Å². The summed E-state index contributed by atoms with van der Waals surface area (Å²) in [7, 11) is 1.68. The largest absolute Gasteiger partial charge is 0.496 e. The SMILES string of the molecule is COc1ccccc1CN/N=C\c1cc(C)n(-c2ccc(C)c(Br)c2)c1C. The minimum absolute atomic E-state index is 0.615. The first kappa shape index (κ1) is 19.2. The number of halogens is 1. The molecule has 0 aliphatic heterocycles. The number of hydrogen-bond donors (Lipinski definition) is 1. The van der Waals surface area contributed by atoms with Crippen LogP contribution in [-0.2, 0) is 6.54 Å². The molecule has 0 bridgehead atoms. The third kappa shape index (κ3) is 4.25. The van der Waals surface area contributed by atoms with E-state index in [1.807, 2.05) is 30.5 Å². The molecule has 0 amide bonds. The predicted molar refractivity (Wildman–Crippen MR) is 115 cm³/mol. The number of aromatic nitrogens is 1. The van der Waals surface area contributed by atoms with Crippen LogP contribution in [0.3, 0.4) is 0 Å². The molecule has 3 rings (SSSR count). The number of ether oxygens (including phenoxy) is 1. The predicted octanol–water partition coefficient (Wildman–Crippen LogP) is 5.30. The van der Waals surface area contributed by atoms with E-state index in [9.17, 15) is 0 Å². The summed E-state index contributed by atoms with van der Waals surface area (Å²) in [4.78, 5) is 0. The molecule has 0 saturated heterocycles. The second-order valence-corrected chi connectivity index (χ2v) is 7.35. The van der Waals surface area contributed by atoms with Gasteiger partial charge in [-0.15, -0.1) is 0 Å². The summed E-state index contributed by atoms with van der Waals surface area (Å²) in [5.41, 5.74) is 9.98. The minimum Gasteiger partial charge on any atom is -0.496 e. The van der Waals surface area contributed by atoms with Crippen molar-refractivity contribution in [1.29, 1.82) is 0 Å². The lowest BCUT2D eigenvalue weighted by Gasteiger charge is -2.11. The molecule has 5 heteroatoms. The van der Waals surface area contributed by atoms with Crippen molar-refractivity contribution in [3.05, 3.63) is 81.1 Å². The molecule has 140 valence electrons. The molecule has 0 radical (unpaired) electrons. The number of para-hydroxylation sites is 1. The van der Waals surface area contributed by atoms with Gasteiger partial charge in [0.15, 0.2) is 0 Å². The van der Waals surface area contributed by atoms with Gasteiger partial charge in [-0.1, -0.05) is 40.2 Å². The Labute approximate surface area is 169 Å². The molecular formula is C22H24BrN3O. The van der Waals surface area contributed by atoms with E-state index in [1.165, 1.54) is 11.3 Å². The van der Waals surface area contributed by atoms with Crippen molar-refractivity contribution in [3.63, 3.8) is 0 Å². The summed E-state index contributed by atoms with van der Waals surface area (Å²) >= 11 is 3.62. The molecule has 2 aromatic carbocycles. The van der Waals surface area contributed by atoms with E-state index < -0.39 is 0 Å². The van der Waals surface area contributed by atoms with Gasteiger partial charge in [0.25, 0.3) is 0 Å². The van der Waals surface area contributed by atoms with Gasteiger partial charge in [0.1, 0.15) is 5.75 Å². The Balaban J connectivity index is 1.76. The topological polar surface area (TPSA) is 38.5 Å². The fourth-order valence-electron chi connectivity index (χ4n) is 3.13. The van der Waals surface area contributed by atoms with Crippen LogP contribution in [0.1, 0.15) is 28.1 Å². The summed E-state index contributed by atoms with van der Waals surface area (Å²) in [5.74, 6) is 0.864. The first-order chi connectivity index (χ1) is 13.0. The highest BCUT2D eigenvalue weighted by molar-refractivity contribution is 9.10. The van der Waals surface area contributed by atoms with Crippen LogP contribution in [0.4, 0.5) is 0 Å². The van der Waals surface area contributed by atoms with E-state index in [-0.39, 0.29) is 0 Å². The highest BCUT2D eigenvalue weighted by Gasteiger charge is 2.10. The lowest BCUT2D eigenvalue weighted by molar-refractivity contribution is 0.408. The Morgan fingerprint density at radius 1 is 1.11 bits per heavy atom. The minimum atomic E-state index is 0.615. The maximum atomic E-state index is 5.37. The fourth-order valence-corrected chi connectivity index (χ4v) is 3.50. The van der Waals surface area contributed by atoms with Crippen molar-refractivity contribution in [1.82, 2.24) is 9.99 Å². The van der Waals surface area contributed by atoms with Gasteiger partial charge in [-0.3, -0.25) is 0 Å². The zero-order valence-corrected chi connectivity index (χ0v) is 17.7. The lowest BCUT2D eigenvalue weighted by Crippen LogP contribution is -2.07. The zero-order valence-electron chi connectivity index (χ0n) is 16.1. The monoisotopic (exact) mass is 425 g/mol. The van der Waals surface area contributed by atoms with E-state index >= 15 is 0 Å². The molecule has 0 fully saturated rings. The highest BCUT2D eigenvalue weighted by Crippen LogP contribution is 2.24. The van der Waals surface area contributed by atoms with Crippen molar-refractivity contribution in [3.8, 4) is 11.4 Å². The van der Waals surface area contributed by atoms with Crippen LogP contribution in [-0.4, -0.2) is 17.9 Å². The van der Waals surface area contributed by atoms with Crippen LogP contribution in [0.25, 0.3) is 5.69 Å². The van der Waals surface area contributed by atoms with E-state index in [1.54, 1.807) is 7.11 Å². The number of benzene rings is 2. The average molecular weight is 426 g/mol. The molecule has 3 aromatic rings. The number of nitrogens with one attached hydrogen (secondary N) is 1. The summed E-state index contributed by atoms with van der Waals surface area (Å²) in [6.45, 7) is 6.93. The lowest BCUT2D eigenvalue weighted by atomic mass is 10.2. The Bertz CT molecular complexity index is 976. The van der Waals surface area contributed by atoms with Crippen LogP contribution in [0, 0.1) is 20.8 Å². The molecule has 27 heavy (non-hydrogen) atoms. The van der Waals surface area contributed by atoms with Crippen LogP contribution in [0.2, 0.25) is 0 Å². The van der Waals surface area contributed by atoms with E-state index in [4.69, 9.17) is 4.74 Å². The molecule has 0 unspecified atom stereocenters. The van der Waals surface area contributed by atoms with Gasteiger partial charge in [-0.2, -0.15) is 5.10 Å². The average Bonchev–Trinajstić information content (AvgIpc) is 2.95. The zero-order chi connectivity index (χ0) is 19.4. The number of rotatable bonds is 6.